The highest BCUT2D eigenvalue weighted by Gasteiger charge is 2.39. The molecule has 0 aliphatic carbocycles. The summed E-state index contributed by atoms with van der Waals surface area (Å²) in [5, 5.41) is 0. The number of nitrogens with zero attached hydrogens (tertiary/aromatic N) is 2. The Labute approximate surface area is 100 Å². The molecule has 1 heterocycles. The van der Waals surface area contributed by atoms with Gasteiger partial charge in [-0.2, -0.15) is 0 Å². The van der Waals surface area contributed by atoms with E-state index in [9.17, 15) is 9.59 Å². The van der Waals surface area contributed by atoms with E-state index in [2.05, 4.69) is 9.72 Å². The van der Waals surface area contributed by atoms with E-state index in [-0.39, 0.29) is 5.91 Å². The van der Waals surface area contributed by atoms with Gasteiger partial charge in [-0.3, -0.25) is 14.6 Å². The third-order valence-corrected chi connectivity index (χ3v) is 2.57. The number of esters is 1. The van der Waals surface area contributed by atoms with Crippen molar-refractivity contribution in [3.05, 3.63) is 24.5 Å². The molecule has 0 radical (unpaired) electrons. The molecule has 0 aromatic carbocycles. The van der Waals surface area contributed by atoms with Crippen molar-refractivity contribution in [3.63, 3.8) is 0 Å². The van der Waals surface area contributed by atoms with Crippen LogP contribution >= 0.6 is 0 Å². The molecule has 1 amide bonds. The number of hydrogen-bond donors (Lipinski definition) is 0. The van der Waals surface area contributed by atoms with Crippen molar-refractivity contribution in [1.82, 2.24) is 4.98 Å². The highest BCUT2D eigenvalue weighted by molar-refractivity contribution is 6.09. The smallest absolute Gasteiger partial charge is 0.320 e. The molecule has 0 saturated heterocycles. The number of pyridine rings is 1. The van der Waals surface area contributed by atoms with Crippen molar-refractivity contribution in [2.75, 3.05) is 19.1 Å². The summed E-state index contributed by atoms with van der Waals surface area (Å²) in [6.45, 7) is 3.07. The maximum atomic E-state index is 12.2. The van der Waals surface area contributed by atoms with Crippen molar-refractivity contribution in [1.29, 1.82) is 0 Å². The van der Waals surface area contributed by atoms with E-state index in [4.69, 9.17) is 0 Å². The third kappa shape index (κ3) is 2.61. The molecule has 5 nitrogen and oxygen atoms in total. The lowest BCUT2D eigenvalue weighted by atomic mass is 9.91. The molecule has 0 fully saturated rings. The molecule has 1 rings (SSSR count). The predicted octanol–water partition coefficient (Wildman–Crippen LogP) is 1.24. The van der Waals surface area contributed by atoms with Crippen molar-refractivity contribution >= 4 is 17.6 Å². The van der Waals surface area contributed by atoms with Crippen molar-refractivity contribution in [2.24, 2.45) is 5.41 Å². The Bertz CT molecular complexity index is 415. The number of hydrogen-bond acceptors (Lipinski definition) is 4. The number of aromatic nitrogens is 1. The van der Waals surface area contributed by atoms with E-state index in [1.54, 1.807) is 31.6 Å². The number of amides is 1. The Kier molecular flexibility index (Phi) is 3.83. The fraction of sp³-hybridized carbons (Fsp3) is 0.417. The van der Waals surface area contributed by atoms with Crippen LogP contribution in [0.5, 0.6) is 0 Å². The summed E-state index contributed by atoms with van der Waals surface area (Å²) in [5.74, 6) is -0.893. The van der Waals surface area contributed by atoms with Gasteiger partial charge in [0.15, 0.2) is 0 Å². The number of methoxy groups -OCH3 is 1. The van der Waals surface area contributed by atoms with E-state index in [0.29, 0.717) is 5.69 Å². The average Bonchev–Trinajstić information content (AvgIpc) is 2.36. The van der Waals surface area contributed by atoms with Crippen LogP contribution < -0.4 is 4.90 Å². The van der Waals surface area contributed by atoms with Gasteiger partial charge < -0.3 is 9.64 Å². The van der Waals surface area contributed by atoms with Gasteiger partial charge in [0.1, 0.15) is 5.41 Å². The highest BCUT2D eigenvalue weighted by Crippen LogP contribution is 2.23. The monoisotopic (exact) mass is 236 g/mol. The maximum Gasteiger partial charge on any atom is 0.320 e. The minimum Gasteiger partial charge on any atom is -0.468 e. The quantitative estimate of drug-likeness (QED) is 0.585. The minimum atomic E-state index is -1.21. The molecule has 0 spiro atoms. The van der Waals surface area contributed by atoms with Crippen LogP contribution in [-0.2, 0) is 14.3 Å². The van der Waals surface area contributed by atoms with Crippen LogP contribution in [0, 0.1) is 5.41 Å². The van der Waals surface area contributed by atoms with Crippen molar-refractivity contribution < 1.29 is 14.3 Å². The highest BCUT2D eigenvalue weighted by atomic mass is 16.5. The van der Waals surface area contributed by atoms with Gasteiger partial charge in [-0.05, 0) is 26.0 Å². The normalized spacial score (nSPS) is 10.8. The second-order valence-electron chi connectivity index (χ2n) is 4.19. The number of anilines is 1. The third-order valence-electron chi connectivity index (χ3n) is 2.57. The molecular formula is C12H16N2O3. The van der Waals surface area contributed by atoms with Gasteiger partial charge in [0.2, 0.25) is 5.91 Å². The second-order valence-corrected chi connectivity index (χ2v) is 4.19. The molecule has 92 valence electrons. The number of carbonyl (C=O) groups excluding carboxylic acids is 2. The first kappa shape index (κ1) is 13.2. The first-order chi connectivity index (χ1) is 7.91. The van der Waals surface area contributed by atoms with E-state index in [1.165, 1.54) is 25.9 Å². The van der Waals surface area contributed by atoms with Gasteiger partial charge in [-0.1, -0.05) is 0 Å². The molecule has 1 aromatic heterocycles. The fourth-order valence-electron chi connectivity index (χ4n) is 1.43. The molecule has 0 N–H and O–H groups in total. The number of ether oxygens (including phenoxy) is 1. The zero-order chi connectivity index (χ0) is 13.1. The number of rotatable bonds is 3. The van der Waals surface area contributed by atoms with Crippen molar-refractivity contribution in [3.8, 4) is 0 Å². The topological polar surface area (TPSA) is 59.5 Å². The molecule has 0 saturated carbocycles. The van der Waals surface area contributed by atoms with E-state index in [1.807, 2.05) is 0 Å². The van der Waals surface area contributed by atoms with Crippen LogP contribution in [0.1, 0.15) is 13.8 Å². The molecule has 5 heteroatoms. The average molecular weight is 236 g/mol. The van der Waals surface area contributed by atoms with Crippen LogP contribution in [0.3, 0.4) is 0 Å². The van der Waals surface area contributed by atoms with Gasteiger partial charge in [-0.15, -0.1) is 0 Å². The van der Waals surface area contributed by atoms with Crippen LogP contribution in [0.2, 0.25) is 0 Å². The SMILES string of the molecule is COC(=O)C(C)(C)C(=O)N(C)c1cccnc1. The Morgan fingerprint density at radius 2 is 2.06 bits per heavy atom. The summed E-state index contributed by atoms with van der Waals surface area (Å²) >= 11 is 0. The molecule has 0 unspecified atom stereocenters. The summed E-state index contributed by atoms with van der Waals surface area (Å²) in [4.78, 5) is 29.0. The maximum absolute atomic E-state index is 12.2. The molecule has 0 aliphatic rings. The van der Waals surface area contributed by atoms with Crippen LogP contribution in [0.25, 0.3) is 0 Å². The van der Waals surface area contributed by atoms with Gasteiger partial charge >= 0.3 is 5.97 Å². The Morgan fingerprint density at radius 3 is 2.53 bits per heavy atom. The van der Waals surface area contributed by atoms with E-state index in [0.717, 1.165) is 0 Å². The zero-order valence-electron chi connectivity index (χ0n) is 10.4. The molecule has 17 heavy (non-hydrogen) atoms. The van der Waals surface area contributed by atoms with Crippen LogP contribution in [-0.4, -0.2) is 31.0 Å². The fourth-order valence-corrected chi connectivity index (χ4v) is 1.43. The molecule has 1 aromatic rings. The lowest BCUT2D eigenvalue weighted by Crippen LogP contribution is -2.44. The number of carbonyl (C=O) groups is 2. The van der Waals surface area contributed by atoms with Gasteiger partial charge in [-0.25, -0.2) is 0 Å². The first-order valence-corrected chi connectivity index (χ1v) is 5.18. The Morgan fingerprint density at radius 1 is 1.41 bits per heavy atom. The lowest BCUT2D eigenvalue weighted by molar-refractivity contribution is -0.155. The first-order valence-electron chi connectivity index (χ1n) is 5.18. The van der Waals surface area contributed by atoms with Crippen molar-refractivity contribution in [2.45, 2.75) is 13.8 Å². The summed E-state index contributed by atoms with van der Waals surface area (Å²) < 4.78 is 4.62. The van der Waals surface area contributed by atoms with E-state index < -0.39 is 11.4 Å². The zero-order valence-corrected chi connectivity index (χ0v) is 10.4. The summed E-state index contributed by atoms with van der Waals surface area (Å²) in [6.07, 6.45) is 3.18. The van der Waals surface area contributed by atoms with Gasteiger partial charge in [0.25, 0.3) is 0 Å². The van der Waals surface area contributed by atoms with Gasteiger partial charge in [0.05, 0.1) is 19.0 Å². The second kappa shape index (κ2) is 4.95. The molecule has 0 aliphatic heterocycles. The van der Waals surface area contributed by atoms with E-state index >= 15 is 0 Å². The Balaban J connectivity index is 2.95. The van der Waals surface area contributed by atoms with Crippen LogP contribution in [0.15, 0.2) is 24.5 Å². The molecule has 0 bridgehead atoms. The summed E-state index contributed by atoms with van der Waals surface area (Å²) in [6, 6.07) is 3.47. The largest absolute Gasteiger partial charge is 0.468 e. The molecule has 0 atom stereocenters. The van der Waals surface area contributed by atoms with Crippen LogP contribution in [0.4, 0.5) is 5.69 Å². The Hall–Kier alpha value is -1.91. The predicted molar refractivity (Wildman–Crippen MR) is 63.4 cm³/mol. The molecular weight excluding hydrogens is 220 g/mol. The standard InChI is InChI=1S/C12H16N2O3/c1-12(2,11(16)17-4)10(15)14(3)9-6-5-7-13-8-9/h5-8H,1-4H3. The lowest BCUT2D eigenvalue weighted by Gasteiger charge is -2.26. The van der Waals surface area contributed by atoms with Gasteiger partial charge in [0, 0.05) is 13.2 Å². The summed E-state index contributed by atoms with van der Waals surface area (Å²) in [7, 11) is 2.87. The summed E-state index contributed by atoms with van der Waals surface area (Å²) in [5.41, 5.74) is -0.575. The minimum absolute atomic E-state index is 0.336.